The minimum Gasteiger partial charge on any atom is -0.375 e. The summed E-state index contributed by atoms with van der Waals surface area (Å²) in [5.41, 5.74) is 0. The summed E-state index contributed by atoms with van der Waals surface area (Å²) < 4.78 is 5.10. The highest BCUT2D eigenvalue weighted by Gasteiger charge is 1.86. The summed E-state index contributed by atoms with van der Waals surface area (Å²) in [6.07, 6.45) is 4.10. The second-order valence-electron chi connectivity index (χ2n) is 1.95. The van der Waals surface area contributed by atoms with Crippen molar-refractivity contribution in [3.63, 3.8) is 0 Å². The van der Waals surface area contributed by atoms with Crippen molar-refractivity contribution in [3.05, 3.63) is 12.2 Å². The number of rotatable bonds is 4. The molecule has 0 aromatic carbocycles. The molecule has 0 unspecified atom stereocenters. The molecule has 0 atom stereocenters. The SMILES string of the molecule is CC(C)OC/C=C\C=O. The van der Waals surface area contributed by atoms with Crippen LogP contribution in [0.3, 0.4) is 0 Å². The van der Waals surface area contributed by atoms with Crippen LogP contribution in [0.5, 0.6) is 0 Å². The van der Waals surface area contributed by atoms with Crippen molar-refractivity contribution in [2.45, 2.75) is 20.0 Å². The van der Waals surface area contributed by atoms with Gasteiger partial charge < -0.3 is 4.74 Å². The fraction of sp³-hybridized carbons (Fsp3) is 0.571. The lowest BCUT2D eigenvalue weighted by atomic mass is 10.5. The van der Waals surface area contributed by atoms with Crippen LogP contribution in [0.1, 0.15) is 13.8 Å². The van der Waals surface area contributed by atoms with Crippen molar-refractivity contribution in [2.24, 2.45) is 0 Å². The molecular weight excluding hydrogens is 116 g/mol. The van der Waals surface area contributed by atoms with E-state index in [1.54, 1.807) is 6.08 Å². The Balaban J connectivity index is 3.08. The zero-order valence-electron chi connectivity index (χ0n) is 5.83. The van der Waals surface area contributed by atoms with Crippen molar-refractivity contribution < 1.29 is 9.53 Å². The van der Waals surface area contributed by atoms with Gasteiger partial charge in [-0.05, 0) is 19.9 Å². The predicted octanol–water partition coefficient (Wildman–Crippen LogP) is 1.17. The zero-order valence-corrected chi connectivity index (χ0v) is 5.83. The van der Waals surface area contributed by atoms with E-state index in [1.165, 1.54) is 6.08 Å². The van der Waals surface area contributed by atoms with Gasteiger partial charge in [0.05, 0.1) is 12.7 Å². The summed E-state index contributed by atoms with van der Waals surface area (Å²) in [5, 5.41) is 0. The van der Waals surface area contributed by atoms with E-state index in [9.17, 15) is 4.79 Å². The van der Waals surface area contributed by atoms with Crippen LogP contribution in [0.15, 0.2) is 12.2 Å². The number of carbonyl (C=O) groups is 1. The first-order valence-electron chi connectivity index (χ1n) is 2.99. The van der Waals surface area contributed by atoms with Crippen molar-refractivity contribution in [2.75, 3.05) is 6.61 Å². The molecule has 0 aliphatic rings. The largest absolute Gasteiger partial charge is 0.375 e. The molecule has 2 nitrogen and oxygen atoms in total. The molecule has 0 aromatic heterocycles. The van der Waals surface area contributed by atoms with Gasteiger partial charge in [0.25, 0.3) is 0 Å². The smallest absolute Gasteiger partial charge is 0.142 e. The van der Waals surface area contributed by atoms with E-state index in [0.717, 1.165) is 6.29 Å². The summed E-state index contributed by atoms with van der Waals surface area (Å²) in [6.45, 7) is 4.43. The highest BCUT2D eigenvalue weighted by molar-refractivity contribution is 5.64. The molecule has 0 aliphatic heterocycles. The van der Waals surface area contributed by atoms with Gasteiger partial charge >= 0.3 is 0 Å². The third kappa shape index (κ3) is 7.37. The standard InChI is InChI=1S/C7H12O2/c1-7(2)9-6-4-3-5-8/h3-5,7H,6H2,1-2H3/b4-3-. The lowest BCUT2D eigenvalue weighted by Crippen LogP contribution is -2.01. The predicted molar refractivity (Wildman–Crippen MR) is 36.3 cm³/mol. The maximum atomic E-state index is 9.71. The molecule has 0 fully saturated rings. The molecule has 0 heterocycles. The van der Waals surface area contributed by atoms with Gasteiger partial charge in [-0.1, -0.05) is 6.08 Å². The van der Waals surface area contributed by atoms with E-state index >= 15 is 0 Å². The number of carbonyl (C=O) groups excluding carboxylic acids is 1. The molecule has 0 saturated carbocycles. The zero-order chi connectivity index (χ0) is 7.11. The van der Waals surface area contributed by atoms with E-state index in [1.807, 2.05) is 13.8 Å². The van der Waals surface area contributed by atoms with Gasteiger partial charge in [-0.25, -0.2) is 0 Å². The van der Waals surface area contributed by atoms with Crippen LogP contribution in [0.4, 0.5) is 0 Å². The molecular formula is C7H12O2. The number of ether oxygens (including phenoxy) is 1. The first-order valence-corrected chi connectivity index (χ1v) is 2.99. The second-order valence-corrected chi connectivity index (χ2v) is 1.95. The summed E-state index contributed by atoms with van der Waals surface area (Å²) in [5.74, 6) is 0. The Labute approximate surface area is 55.5 Å². The molecule has 0 spiro atoms. The van der Waals surface area contributed by atoms with Gasteiger partial charge in [0, 0.05) is 0 Å². The molecule has 0 bridgehead atoms. The molecule has 0 amide bonds. The van der Waals surface area contributed by atoms with Crippen LogP contribution in [-0.4, -0.2) is 19.0 Å². The number of hydrogen-bond acceptors (Lipinski definition) is 2. The van der Waals surface area contributed by atoms with E-state index in [4.69, 9.17) is 4.74 Å². The molecule has 0 radical (unpaired) electrons. The van der Waals surface area contributed by atoms with Gasteiger partial charge in [0.1, 0.15) is 6.29 Å². The van der Waals surface area contributed by atoms with E-state index < -0.39 is 0 Å². The van der Waals surface area contributed by atoms with Crippen LogP contribution >= 0.6 is 0 Å². The van der Waals surface area contributed by atoms with Crippen LogP contribution < -0.4 is 0 Å². The lowest BCUT2D eigenvalue weighted by molar-refractivity contribution is -0.104. The summed E-state index contributed by atoms with van der Waals surface area (Å²) in [6, 6.07) is 0. The molecule has 9 heavy (non-hydrogen) atoms. The fourth-order valence-electron chi connectivity index (χ4n) is 0.359. The van der Waals surface area contributed by atoms with E-state index in [-0.39, 0.29) is 6.10 Å². The van der Waals surface area contributed by atoms with Crippen LogP contribution in [-0.2, 0) is 9.53 Å². The Morgan fingerprint density at radius 2 is 2.22 bits per heavy atom. The Morgan fingerprint density at radius 1 is 1.56 bits per heavy atom. The normalized spacial score (nSPS) is 11.0. The first kappa shape index (κ1) is 8.37. The maximum absolute atomic E-state index is 9.71. The van der Waals surface area contributed by atoms with Crippen molar-refractivity contribution in [1.29, 1.82) is 0 Å². The Kier molecular flexibility index (Phi) is 5.12. The van der Waals surface area contributed by atoms with Crippen LogP contribution in [0.2, 0.25) is 0 Å². The highest BCUT2D eigenvalue weighted by atomic mass is 16.5. The first-order chi connectivity index (χ1) is 4.27. The number of aldehydes is 1. The molecule has 0 rings (SSSR count). The molecule has 0 aromatic rings. The Hall–Kier alpha value is -0.630. The van der Waals surface area contributed by atoms with Gasteiger partial charge in [0.2, 0.25) is 0 Å². The molecule has 0 N–H and O–H groups in total. The van der Waals surface area contributed by atoms with Gasteiger partial charge in [-0.3, -0.25) is 4.79 Å². The quantitative estimate of drug-likeness (QED) is 0.419. The van der Waals surface area contributed by atoms with Crippen molar-refractivity contribution >= 4 is 6.29 Å². The number of hydrogen-bond donors (Lipinski definition) is 0. The average Bonchev–Trinajstić information content (AvgIpc) is 1.80. The minimum absolute atomic E-state index is 0.237. The van der Waals surface area contributed by atoms with Crippen molar-refractivity contribution in [1.82, 2.24) is 0 Å². The summed E-state index contributed by atoms with van der Waals surface area (Å²) in [4.78, 5) is 9.71. The second kappa shape index (κ2) is 5.51. The average molecular weight is 128 g/mol. The lowest BCUT2D eigenvalue weighted by Gasteiger charge is -2.01. The minimum atomic E-state index is 0.237. The summed E-state index contributed by atoms with van der Waals surface area (Å²) in [7, 11) is 0. The molecule has 52 valence electrons. The van der Waals surface area contributed by atoms with E-state index in [0.29, 0.717) is 6.61 Å². The maximum Gasteiger partial charge on any atom is 0.142 e. The molecule has 2 heteroatoms. The molecule has 0 saturated heterocycles. The van der Waals surface area contributed by atoms with Gasteiger partial charge in [-0.2, -0.15) is 0 Å². The third-order valence-electron chi connectivity index (χ3n) is 0.740. The third-order valence-corrected chi connectivity index (χ3v) is 0.740. The summed E-state index contributed by atoms with van der Waals surface area (Å²) >= 11 is 0. The molecule has 0 aliphatic carbocycles. The Bertz CT molecular complexity index is 95.1. The Morgan fingerprint density at radius 3 is 2.67 bits per heavy atom. The van der Waals surface area contributed by atoms with Gasteiger partial charge in [-0.15, -0.1) is 0 Å². The fourth-order valence-corrected chi connectivity index (χ4v) is 0.359. The van der Waals surface area contributed by atoms with Crippen LogP contribution in [0.25, 0.3) is 0 Å². The van der Waals surface area contributed by atoms with Crippen molar-refractivity contribution in [3.8, 4) is 0 Å². The number of allylic oxidation sites excluding steroid dienone is 1. The monoisotopic (exact) mass is 128 g/mol. The topological polar surface area (TPSA) is 26.3 Å². The van der Waals surface area contributed by atoms with E-state index in [2.05, 4.69) is 0 Å². The van der Waals surface area contributed by atoms with Crippen LogP contribution in [0, 0.1) is 0 Å². The highest BCUT2D eigenvalue weighted by Crippen LogP contribution is 1.86. The van der Waals surface area contributed by atoms with Gasteiger partial charge in [0.15, 0.2) is 0 Å².